The summed E-state index contributed by atoms with van der Waals surface area (Å²) in [7, 11) is 3.83. The van der Waals surface area contributed by atoms with Crippen LogP contribution < -0.4 is 10.2 Å². The van der Waals surface area contributed by atoms with Crippen molar-refractivity contribution in [2.45, 2.75) is 25.5 Å². The lowest BCUT2D eigenvalue weighted by Gasteiger charge is -2.15. The SMILES string of the molecule is CN(C)c1ncc(-c2ccccn2)c(-c2ccc(CNC(=O)C3CCCO3)cc2)n1. The summed E-state index contributed by atoms with van der Waals surface area (Å²) < 4.78 is 5.43. The summed E-state index contributed by atoms with van der Waals surface area (Å²) >= 11 is 0. The van der Waals surface area contributed by atoms with E-state index >= 15 is 0 Å². The maximum Gasteiger partial charge on any atom is 0.249 e. The van der Waals surface area contributed by atoms with Crippen molar-refractivity contribution in [1.82, 2.24) is 20.3 Å². The van der Waals surface area contributed by atoms with Crippen molar-refractivity contribution in [2.24, 2.45) is 0 Å². The van der Waals surface area contributed by atoms with Gasteiger partial charge in [-0.3, -0.25) is 9.78 Å². The number of ether oxygens (including phenoxy) is 1. The van der Waals surface area contributed by atoms with Crippen molar-refractivity contribution in [2.75, 3.05) is 25.6 Å². The molecular weight excluding hydrogens is 378 g/mol. The lowest BCUT2D eigenvalue weighted by atomic mass is 10.0. The van der Waals surface area contributed by atoms with Crippen LogP contribution in [0, 0.1) is 0 Å². The number of carbonyl (C=O) groups is 1. The van der Waals surface area contributed by atoms with E-state index in [0.29, 0.717) is 19.1 Å². The van der Waals surface area contributed by atoms with E-state index in [1.54, 1.807) is 6.20 Å². The molecule has 1 N–H and O–H groups in total. The molecule has 1 aromatic carbocycles. The van der Waals surface area contributed by atoms with Gasteiger partial charge in [-0.2, -0.15) is 0 Å². The first-order valence-corrected chi connectivity index (χ1v) is 10.1. The van der Waals surface area contributed by atoms with Crippen LogP contribution in [0.2, 0.25) is 0 Å². The molecule has 1 saturated heterocycles. The van der Waals surface area contributed by atoms with Gasteiger partial charge in [-0.05, 0) is 30.5 Å². The number of aromatic nitrogens is 3. The highest BCUT2D eigenvalue weighted by Crippen LogP contribution is 2.30. The van der Waals surface area contributed by atoms with Crippen molar-refractivity contribution in [1.29, 1.82) is 0 Å². The van der Waals surface area contributed by atoms with E-state index in [-0.39, 0.29) is 12.0 Å². The molecule has 3 heterocycles. The summed E-state index contributed by atoms with van der Waals surface area (Å²) in [6.45, 7) is 1.14. The normalized spacial score (nSPS) is 15.7. The van der Waals surface area contributed by atoms with Gasteiger partial charge in [0, 0.05) is 50.8 Å². The van der Waals surface area contributed by atoms with E-state index in [4.69, 9.17) is 9.72 Å². The van der Waals surface area contributed by atoms with E-state index in [1.165, 1.54) is 0 Å². The fourth-order valence-electron chi connectivity index (χ4n) is 3.39. The van der Waals surface area contributed by atoms with Gasteiger partial charge in [-0.1, -0.05) is 30.3 Å². The van der Waals surface area contributed by atoms with E-state index in [9.17, 15) is 4.79 Å². The number of rotatable bonds is 6. The van der Waals surface area contributed by atoms with Gasteiger partial charge in [-0.25, -0.2) is 9.97 Å². The lowest BCUT2D eigenvalue weighted by Crippen LogP contribution is -2.33. The molecule has 0 bridgehead atoms. The Morgan fingerprint density at radius 1 is 1.17 bits per heavy atom. The maximum absolute atomic E-state index is 12.1. The first kappa shape index (κ1) is 20.0. The summed E-state index contributed by atoms with van der Waals surface area (Å²) in [6.07, 6.45) is 5.01. The van der Waals surface area contributed by atoms with Gasteiger partial charge in [0.05, 0.1) is 11.4 Å². The van der Waals surface area contributed by atoms with Gasteiger partial charge in [0.1, 0.15) is 6.10 Å². The zero-order chi connectivity index (χ0) is 20.9. The van der Waals surface area contributed by atoms with Crippen LogP contribution in [0.3, 0.4) is 0 Å². The van der Waals surface area contributed by atoms with E-state index in [1.807, 2.05) is 67.7 Å². The van der Waals surface area contributed by atoms with Crippen molar-refractivity contribution in [3.63, 3.8) is 0 Å². The zero-order valence-electron chi connectivity index (χ0n) is 17.2. The van der Waals surface area contributed by atoms with Crippen molar-refractivity contribution < 1.29 is 9.53 Å². The molecule has 30 heavy (non-hydrogen) atoms. The summed E-state index contributed by atoms with van der Waals surface area (Å²) in [6, 6.07) is 13.8. The molecule has 1 fully saturated rings. The first-order chi connectivity index (χ1) is 14.6. The minimum atomic E-state index is -0.310. The summed E-state index contributed by atoms with van der Waals surface area (Å²) in [5.41, 5.74) is 4.51. The van der Waals surface area contributed by atoms with Gasteiger partial charge < -0.3 is 15.0 Å². The molecule has 1 aliphatic heterocycles. The second kappa shape index (κ2) is 9.00. The third kappa shape index (κ3) is 4.46. The fraction of sp³-hybridized carbons (Fsp3) is 0.304. The molecule has 0 radical (unpaired) electrons. The minimum absolute atomic E-state index is 0.0413. The summed E-state index contributed by atoms with van der Waals surface area (Å²) in [4.78, 5) is 27.7. The van der Waals surface area contributed by atoms with Crippen LogP contribution in [0.5, 0.6) is 0 Å². The number of amides is 1. The highest BCUT2D eigenvalue weighted by molar-refractivity contribution is 5.81. The van der Waals surface area contributed by atoms with Crippen molar-refractivity contribution >= 4 is 11.9 Å². The number of pyridine rings is 1. The Labute approximate surface area is 176 Å². The fourth-order valence-corrected chi connectivity index (χ4v) is 3.39. The largest absolute Gasteiger partial charge is 0.368 e. The average molecular weight is 403 g/mol. The quantitative estimate of drug-likeness (QED) is 0.681. The number of carbonyl (C=O) groups excluding carboxylic acids is 1. The molecule has 154 valence electrons. The number of anilines is 1. The molecule has 0 saturated carbocycles. The smallest absolute Gasteiger partial charge is 0.249 e. The molecule has 7 nitrogen and oxygen atoms in total. The maximum atomic E-state index is 12.1. The Balaban J connectivity index is 1.57. The number of hydrogen-bond acceptors (Lipinski definition) is 6. The molecule has 1 unspecified atom stereocenters. The predicted molar refractivity (Wildman–Crippen MR) is 116 cm³/mol. The van der Waals surface area contributed by atoms with Gasteiger partial charge in [0.25, 0.3) is 0 Å². The Kier molecular flexibility index (Phi) is 5.99. The number of nitrogens with zero attached hydrogens (tertiary/aromatic N) is 4. The van der Waals surface area contributed by atoms with Gasteiger partial charge in [-0.15, -0.1) is 0 Å². The van der Waals surface area contributed by atoms with Crippen LogP contribution in [-0.4, -0.2) is 47.7 Å². The monoisotopic (exact) mass is 403 g/mol. The predicted octanol–water partition coefficient (Wildman–Crippen LogP) is 3.07. The van der Waals surface area contributed by atoms with E-state index < -0.39 is 0 Å². The molecule has 2 aromatic heterocycles. The standard InChI is InChI=1S/C23H25N5O2/c1-28(2)23-26-15-18(19-6-3-4-12-24-19)21(27-23)17-10-8-16(9-11-17)14-25-22(29)20-7-5-13-30-20/h3-4,6,8-12,15,20H,5,7,13-14H2,1-2H3,(H,25,29). The van der Waals surface area contributed by atoms with Crippen LogP contribution in [-0.2, 0) is 16.1 Å². The third-order valence-corrected chi connectivity index (χ3v) is 5.03. The van der Waals surface area contributed by atoms with Crippen LogP contribution >= 0.6 is 0 Å². The zero-order valence-corrected chi connectivity index (χ0v) is 17.2. The molecule has 7 heteroatoms. The van der Waals surface area contributed by atoms with Crippen LogP contribution in [0.25, 0.3) is 22.5 Å². The van der Waals surface area contributed by atoms with Gasteiger partial charge >= 0.3 is 0 Å². The minimum Gasteiger partial charge on any atom is -0.368 e. The second-order valence-corrected chi connectivity index (χ2v) is 7.46. The van der Waals surface area contributed by atoms with Crippen molar-refractivity contribution in [3.8, 4) is 22.5 Å². The molecule has 0 spiro atoms. The summed E-state index contributed by atoms with van der Waals surface area (Å²) in [5.74, 6) is 0.595. The third-order valence-electron chi connectivity index (χ3n) is 5.03. The lowest BCUT2D eigenvalue weighted by molar-refractivity contribution is -0.130. The van der Waals surface area contributed by atoms with Crippen LogP contribution in [0.4, 0.5) is 5.95 Å². The molecule has 0 aliphatic carbocycles. The highest BCUT2D eigenvalue weighted by Gasteiger charge is 2.23. The molecule has 1 atom stereocenters. The Hall–Kier alpha value is -3.32. The van der Waals surface area contributed by atoms with Gasteiger partial charge in [0.15, 0.2) is 0 Å². The number of hydrogen-bond donors (Lipinski definition) is 1. The van der Waals surface area contributed by atoms with Crippen LogP contribution in [0.1, 0.15) is 18.4 Å². The Morgan fingerprint density at radius 2 is 2.00 bits per heavy atom. The molecule has 1 amide bonds. The van der Waals surface area contributed by atoms with E-state index in [2.05, 4.69) is 15.3 Å². The molecule has 4 rings (SSSR count). The Bertz CT molecular complexity index is 1000. The van der Waals surface area contributed by atoms with Crippen molar-refractivity contribution in [3.05, 3.63) is 60.4 Å². The second-order valence-electron chi connectivity index (χ2n) is 7.46. The number of nitrogens with one attached hydrogen (secondary N) is 1. The summed E-state index contributed by atoms with van der Waals surface area (Å²) in [5, 5.41) is 2.96. The number of benzene rings is 1. The van der Waals surface area contributed by atoms with Crippen LogP contribution in [0.15, 0.2) is 54.9 Å². The molecule has 1 aliphatic rings. The van der Waals surface area contributed by atoms with Gasteiger partial charge in [0.2, 0.25) is 11.9 Å². The molecule has 3 aromatic rings. The Morgan fingerprint density at radius 3 is 2.67 bits per heavy atom. The average Bonchev–Trinajstić information content (AvgIpc) is 3.33. The van der Waals surface area contributed by atoms with E-state index in [0.717, 1.165) is 40.9 Å². The topological polar surface area (TPSA) is 80.2 Å². The molecular formula is C23H25N5O2. The first-order valence-electron chi connectivity index (χ1n) is 10.1. The highest BCUT2D eigenvalue weighted by atomic mass is 16.5.